The van der Waals surface area contributed by atoms with Crippen LogP contribution in [0.15, 0.2) is 29.4 Å². The third-order valence-electron chi connectivity index (χ3n) is 6.01. The topological polar surface area (TPSA) is 94.5 Å². The predicted octanol–water partition coefficient (Wildman–Crippen LogP) is 3.21. The Balaban J connectivity index is 1.54. The van der Waals surface area contributed by atoms with Gasteiger partial charge in [-0.2, -0.15) is 10.1 Å². The van der Waals surface area contributed by atoms with Crippen LogP contribution in [0.5, 0.6) is 11.5 Å². The van der Waals surface area contributed by atoms with Gasteiger partial charge in [-0.25, -0.2) is 4.79 Å². The number of ether oxygens (including phenoxy) is 3. The molecule has 1 aliphatic heterocycles. The number of esters is 1. The molecule has 0 radical (unpaired) electrons. The first-order chi connectivity index (χ1) is 15.3. The molecule has 8 nitrogen and oxygen atoms in total. The van der Waals surface area contributed by atoms with Crippen molar-refractivity contribution >= 4 is 35.6 Å². The molecule has 170 valence electrons. The predicted molar refractivity (Wildman–Crippen MR) is 117 cm³/mol. The van der Waals surface area contributed by atoms with E-state index in [1.165, 1.54) is 6.21 Å². The van der Waals surface area contributed by atoms with Crippen LogP contribution < -0.4 is 9.47 Å². The van der Waals surface area contributed by atoms with E-state index >= 15 is 0 Å². The van der Waals surface area contributed by atoms with Gasteiger partial charge in [-0.05, 0) is 56.7 Å². The summed E-state index contributed by atoms with van der Waals surface area (Å²) >= 11 is 6.40. The fourth-order valence-electron chi connectivity index (χ4n) is 4.65. The van der Waals surface area contributed by atoms with Gasteiger partial charge in [0.15, 0.2) is 17.6 Å². The normalized spacial score (nSPS) is 26.7. The molecule has 32 heavy (non-hydrogen) atoms. The largest absolute Gasteiger partial charge is 0.490 e. The summed E-state index contributed by atoms with van der Waals surface area (Å²) in [4.78, 5) is 37.5. The van der Waals surface area contributed by atoms with Gasteiger partial charge in [0.05, 0.1) is 36.3 Å². The molecule has 0 spiro atoms. The van der Waals surface area contributed by atoms with Crippen LogP contribution in [0.3, 0.4) is 0 Å². The van der Waals surface area contributed by atoms with E-state index in [0.29, 0.717) is 17.9 Å². The van der Waals surface area contributed by atoms with Crippen LogP contribution in [0.25, 0.3) is 0 Å². The lowest BCUT2D eigenvalue weighted by atomic mass is 9.85. The summed E-state index contributed by atoms with van der Waals surface area (Å²) in [5, 5.41) is 5.35. The third kappa shape index (κ3) is 3.88. The zero-order valence-corrected chi connectivity index (χ0v) is 18.9. The number of carbonyl (C=O) groups excluding carboxylic acids is 3. The standard InChI is InChI=1S/C23H25ClN2O6/c1-4-30-17-9-13(8-16(24)20(17)32-12(3)23(29)31-5-2)11-25-26-21(27)18-14-6-7-15(10-14)19(18)22(26)28/h6-9,11-12,14-15,18-19H,4-5,10H2,1-3H3. The summed E-state index contributed by atoms with van der Waals surface area (Å²) in [5.41, 5.74) is 0.522. The fourth-order valence-corrected chi connectivity index (χ4v) is 4.91. The summed E-state index contributed by atoms with van der Waals surface area (Å²) in [7, 11) is 0. The molecule has 2 fully saturated rings. The summed E-state index contributed by atoms with van der Waals surface area (Å²) in [5.74, 6) is -0.879. The van der Waals surface area contributed by atoms with Crippen molar-refractivity contribution in [3.05, 3.63) is 34.9 Å². The van der Waals surface area contributed by atoms with Gasteiger partial charge in [0.2, 0.25) is 0 Å². The Kier molecular flexibility index (Phi) is 6.24. The average molecular weight is 461 g/mol. The van der Waals surface area contributed by atoms with Crippen molar-refractivity contribution in [3.8, 4) is 11.5 Å². The number of allylic oxidation sites excluding steroid dienone is 2. The molecule has 2 aliphatic carbocycles. The molecule has 1 saturated carbocycles. The van der Waals surface area contributed by atoms with E-state index in [1.54, 1.807) is 32.9 Å². The Morgan fingerprint density at radius 3 is 2.44 bits per heavy atom. The first kappa shape index (κ1) is 22.3. The molecular weight excluding hydrogens is 436 g/mol. The number of halogens is 1. The number of rotatable bonds is 8. The smallest absolute Gasteiger partial charge is 0.347 e. The average Bonchev–Trinajstić information content (AvgIpc) is 3.43. The summed E-state index contributed by atoms with van der Waals surface area (Å²) in [6.45, 7) is 5.64. The van der Waals surface area contributed by atoms with Crippen LogP contribution in [0.4, 0.5) is 0 Å². The van der Waals surface area contributed by atoms with Gasteiger partial charge in [0, 0.05) is 0 Å². The number of amides is 2. The summed E-state index contributed by atoms with van der Waals surface area (Å²) in [6.07, 6.45) is 5.46. The quantitative estimate of drug-likeness (QED) is 0.256. The number of hydrazone groups is 1. The molecular formula is C23H25ClN2O6. The minimum absolute atomic E-state index is 0.124. The molecule has 0 aromatic heterocycles. The highest BCUT2D eigenvalue weighted by Crippen LogP contribution is 2.52. The second-order valence-corrected chi connectivity index (χ2v) is 8.42. The number of fused-ring (bicyclic) bond motifs is 5. The van der Waals surface area contributed by atoms with Gasteiger partial charge in [0.1, 0.15) is 0 Å². The molecule has 2 bridgehead atoms. The molecule has 1 aromatic carbocycles. The van der Waals surface area contributed by atoms with Crippen LogP contribution in [0, 0.1) is 23.7 Å². The summed E-state index contributed by atoms with van der Waals surface area (Å²) < 4.78 is 16.3. The Bertz CT molecular complexity index is 976. The monoisotopic (exact) mass is 460 g/mol. The van der Waals surface area contributed by atoms with E-state index in [4.69, 9.17) is 25.8 Å². The maximum atomic E-state index is 12.8. The van der Waals surface area contributed by atoms with Crippen molar-refractivity contribution < 1.29 is 28.6 Å². The Labute approximate surface area is 191 Å². The minimum Gasteiger partial charge on any atom is -0.490 e. The van der Waals surface area contributed by atoms with Gasteiger partial charge < -0.3 is 14.2 Å². The van der Waals surface area contributed by atoms with E-state index in [9.17, 15) is 14.4 Å². The van der Waals surface area contributed by atoms with Crippen molar-refractivity contribution in [3.63, 3.8) is 0 Å². The van der Waals surface area contributed by atoms with Gasteiger partial charge in [-0.1, -0.05) is 23.8 Å². The van der Waals surface area contributed by atoms with E-state index in [2.05, 4.69) is 5.10 Å². The van der Waals surface area contributed by atoms with Crippen molar-refractivity contribution in [1.29, 1.82) is 0 Å². The SMILES string of the molecule is CCOC(=O)C(C)Oc1c(Cl)cc(C=NN2C(=O)C3C4C=CC(C4)C3C2=O)cc1OCC. The lowest BCUT2D eigenvalue weighted by Gasteiger charge is -2.18. The van der Waals surface area contributed by atoms with E-state index in [1.807, 2.05) is 12.2 Å². The van der Waals surface area contributed by atoms with Gasteiger partial charge >= 0.3 is 5.97 Å². The highest BCUT2D eigenvalue weighted by Gasteiger charge is 2.59. The maximum absolute atomic E-state index is 12.8. The minimum atomic E-state index is -0.880. The third-order valence-corrected chi connectivity index (χ3v) is 6.29. The first-order valence-corrected chi connectivity index (χ1v) is 11.1. The van der Waals surface area contributed by atoms with Crippen LogP contribution in [-0.2, 0) is 19.1 Å². The fraction of sp³-hybridized carbons (Fsp3) is 0.478. The van der Waals surface area contributed by atoms with Crippen molar-refractivity contribution in [2.24, 2.45) is 28.8 Å². The first-order valence-electron chi connectivity index (χ1n) is 10.7. The molecule has 2 amide bonds. The molecule has 1 aromatic rings. The molecule has 1 heterocycles. The van der Waals surface area contributed by atoms with Crippen LogP contribution in [-0.4, -0.2) is 48.3 Å². The lowest BCUT2D eigenvalue weighted by Crippen LogP contribution is -2.28. The van der Waals surface area contributed by atoms with Crippen LogP contribution in [0.2, 0.25) is 5.02 Å². The Hall–Kier alpha value is -2.87. The molecule has 4 rings (SSSR count). The number of imide groups is 1. The highest BCUT2D eigenvalue weighted by molar-refractivity contribution is 6.32. The Morgan fingerprint density at radius 2 is 1.84 bits per heavy atom. The second-order valence-electron chi connectivity index (χ2n) is 8.01. The molecule has 0 N–H and O–H groups in total. The molecule has 5 unspecified atom stereocenters. The zero-order valence-electron chi connectivity index (χ0n) is 18.1. The van der Waals surface area contributed by atoms with E-state index in [-0.39, 0.29) is 52.9 Å². The van der Waals surface area contributed by atoms with Gasteiger partial charge in [0.25, 0.3) is 11.8 Å². The number of carbonyl (C=O) groups is 3. The number of nitrogens with zero attached hydrogens (tertiary/aromatic N) is 2. The molecule has 5 atom stereocenters. The van der Waals surface area contributed by atoms with E-state index < -0.39 is 12.1 Å². The molecule has 3 aliphatic rings. The lowest BCUT2D eigenvalue weighted by molar-refractivity contribution is -0.150. The highest BCUT2D eigenvalue weighted by atomic mass is 35.5. The van der Waals surface area contributed by atoms with E-state index in [0.717, 1.165) is 11.4 Å². The van der Waals surface area contributed by atoms with Crippen LogP contribution >= 0.6 is 11.6 Å². The van der Waals surface area contributed by atoms with Crippen molar-refractivity contribution in [2.45, 2.75) is 33.3 Å². The van der Waals surface area contributed by atoms with Crippen molar-refractivity contribution in [2.75, 3.05) is 13.2 Å². The van der Waals surface area contributed by atoms with Gasteiger partial charge in [-0.15, -0.1) is 0 Å². The number of hydrogen-bond acceptors (Lipinski definition) is 7. The zero-order chi connectivity index (χ0) is 23.0. The Morgan fingerprint density at radius 1 is 1.19 bits per heavy atom. The number of hydrogen-bond donors (Lipinski definition) is 0. The molecule has 1 saturated heterocycles. The van der Waals surface area contributed by atoms with Gasteiger partial charge in [-0.3, -0.25) is 9.59 Å². The summed E-state index contributed by atoms with van der Waals surface area (Å²) in [6, 6.07) is 3.20. The maximum Gasteiger partial charge on any atom is 0.347 e. The van der Waals surface area contributed by atoms with Crippen LogP contribution in [0.1, 0.15) is 32.8 Å². The second kappa shape index (κ2) is 8.94. The molecule has 9 heteroatoms. The number of benzene rings is 1. The van der Waals surface area contributed by atoms with Crippen molar-refractivity contribution in [1.82, 2.24) is 5.01 Å².